The molecule has 3 rings (SSSR count). The van der Waals surface area contributed by atoms with Gasteiger partial charge in [-0.05, 0) is 23.3 Å². The molecule has 152 valence electrons. The number of methoxy groups -OCH3 is 1. The minimum absolute atomic E-state index is 0.102. The Morgan fingerprint density at radius 1 is 1.18 bits per heavy atom. The minimum atomic E-state index is -3.50. The summed E-state index contributed by atoms with van der Waals surface area (Å²) in [5, 5.41) is 0.872. The number of ether oxygens (including phenoxy) is 2. The second kappa shape index (κ2) is 8.91. The standard InChI is InChI=1S/C20H26N2O5S/c1-4-21-28(23,24)19-14-27-22(2)20(19)16-10-11-17(18(12-16)25-3)26-13-15-8-6-5-7-9-15/h5-12,19-21H,4,13-14H2,1-3H3. The quantitative estimate of drug-likeness (QED) is 0.726. The van der Waals surface area contributed by atoms with E-state index in [0.29, 0.717) is 24.7 Å². The van der Waals surface area contributed by atoms with Crippen molar-refractivity contribution in [2.45, 2.75) is 24.8 Å². The molecule has 2 unspecified atom stereocenters. The van der Waals surface area contributed by atoms with E-state index in [4.69, 9.17) is 14.3 Å². The summed E-state index contributed by atoms with van der Waals surface area (Å²) < 4.78 is 39.1. The van der Waals surface area contributed by atoms with E-state index in [1.807, 2.05) is 42.5 Å². The van der Waals surface area contributed by atoms with E-state index in [-0.39, 0.29) is 6.61 Å². The highest BCUT2D eigenvalue weighted by atomic mass is 32.2. The van der Waals surface area contributed by atoms with Gasteiger partial charge in [0.25, 0.3) is 0 Å². The zero-order valence-electron chi connectivity index (χ0n) is 16.3. The minimum Gasteiger partial charge on any atom is -0.493 e. The maximum Gasteiger partial charge on any atom is 0.218 e. The monoisotopic (exact) mass is 406 g/mol. The molecule has 0 aliphatic carbocycles. The van der Waals surface area contributed by atoms with Crippen molar-refractivity contribution < 1.29 is 22.7 Å². The zero-order valence-corrected chi connectivity index (χ0v) is 17.1. The summed E-state index contributed by atoms with van der Waals surface area (Å²) in [5.41, 5.74) is 1.84. The SMILES string of the molecule is CCNS(=O)(=O)C1CON(C)C1c1ccc(OCc2ccccc2)c(OC)c1. The van der Waals surface area contributed by atoms with E-state index < -0.39 is 21.3 Å². The van der Waals surface area contributed by atoms with E-state index in [1.165, 1.54) is 0 Å². The Morgan fingerprint density at radius 2 is 1.93 bits per heavy atom. The number of nitrogens with zero attached hydrogens (tertiary/aromatic N) is 1. The summed E-state index contributed by atoms with van der Waals surface area (Å²) in [6.45, 7) is 2.62. The van der Waals surface area contributed by atoms with Crippen LogP contribution in [0.1, 0.15) is 24.1 Å². The lowest BCUT2D eigenvalue weighted by Gasteiger charge is -2.24. The Morgan fingerprint density at radius 3 is 2.61 bits per heavy atom. The van der Waals surface area contributed by atoms with Crippen molar-refractivity contribution >= 4 is 10.0 Å². The molecule has 0 bridgehead atoms. The second-order valence-corrected chi connectivity index (χ2v) is 8.54. The zero-order chi connectivity index (χ0) is 20.1. The average molecular weight is 407 g/mol. The summed E-state index contributed by atoms with van der Waals surface area (Å²) in [6.07, 6.45) is 0. The van der Waals surface area contributed by atoms with Crippen LogP contribution in [-0.2, 0) is 21.5 Å². The van der Waals surface area contributed by atoms with Crippen molar-refractivity contribution in [3.05, 3.63) is 59.7 Å². The summed E-state index contributed by atoms with van der Waals surface area (Å²) in [5.74, 6) is 1.15. The largest absolute Gasteiger partial charge is 0.493 e. The van der Waals surface area contributed by atoms with Crippen LogP contribution in [0.25, 0.3) is 0 Å². The first kappa shape index (κ1) is 20.6. The molecule has 28 heavy (non-hydrogen) atoms. The van der Waals surface area contributed by atoms with Gasteiger partial charge in [0.1, 0.15) is 11.9 Å². The molecule has 2 aromatic rings. The number of hydrogen-bond acceptors (Lipinski definition) is 6. The normalized spacial score (nSPS) is 20.2. The first-order valence-corrected chi connectivity index (χ1v) is 10.7. The number of hydroxylamine groups is 2. The molecule has 7 nitrogen and oxygen atoms in total. The number of nitrogens with one attached hydrogen (secondary N) is 1. The van der Waals surface area contributed by atoms with Crippen molar-refractivity contribution in [1.82, 2.24) is 9.79 Å². The highest BCUT2D eigenvalue weighted by molar-refractivity contribution is 7.90. The van der Waals surface area contributed by atoms with Gasteiger partial charge < -0.3 is 9.47 Å². The molecule has 0 radical (unpaired) electrons. The van der Waals surface area contributed by atoms with Gasteiger partial charge in [-0.25, -0.2) is 13.1 Å². The van der Waals surface area contributed by atoms with E-state index >= 15 is 0 Å². The maximum absolute atomic E-state index is 12.6. The third kappa shape index (κ3) is 4.47. The van der Waals surface area contributed by atoms with Gasteiger partial charge in [0, 0.05) is 13.6 Å². The third-order valence-corrected chi connectivity index (χ3v) is 6.58. The molecule has 0 spiro atoms. The number of sulfonamides is 1. The van der Waals surface area contributed by atoms with Gasteiger partial charge in [0.2, 0.25) is 10.0 Å². The Hall–Kier alpha value is -2.13. The molecule has 1 N–H and O–H groups in total. The molecule has 1 heterocycles. The van der Waals surface area contributed by atoms with Crippen molar-refractivity contribution in [3.63, 3.8) is 0 Å². The molecule has 1 fully saturated rings. The third-order valence-electron chi connectivity index (χ3n) is 4.70. The van der Waals surface area contributed by atoms with Gasteiger partial charge >= 0.3 is 0 Å². The first-order valence-electron chi connectivity index (χ1n) is 9.15. The molecule has 2 aromatic carbocycles. The van der Waals surface area contributed by atoms with Crippen molar-refractivity contribution in [3.8, 4) is 11.5 Å². The Balaban J connectivity index is 1.83. The van der Waals surface area contributed by atoms with Crippen LogP contribution in [0.5, 0.6) is 11.5 Å². The molecule has 1 aliphatic rings. The second-order valence-electron chi connectivity index (χ2n) is 6.55. The predicted octanol–water partition coefficient (Wildman–Crippen LogP) is 2.50. The Bertz CT molecular complexity index is 889. The fourth-order valence-corrected chi connectivity index (χ4v) is 4.84. The Kier molecular flexibility index (Phi) is 6.56. The van der Waals surface area contributed by atoms with Crippen molar-refractivity contribution in [2.24, 2.45) is 0 Å². The van der Waals surface area contributed by atoms with Crippen LogP contribution < -0.4 is 14.2 Å². The molecule has 0 amide bonds. The van der Waals surface area contributed by atoms with E-state index in [1.54, 1.807) is 32.2 Å². The van der Waals surface area contributed by atoms with Gasteiger partial charge in [0.05, 0.1) is 19.8 Å². The molecule has 0 aromatic heterocycles. The first-order chi connectivity index (χ1) is 13.5. The number of benzene rings is 2. The highest BCUT2D eigenvalue weighted by Crippen LogP contribution is 2.38. The summed E-state index contributed by atoms with van der Waals surface area (Å²) in [7, 11) is -0.205. The van der Waals surface area contributed by atoms with E-state index in [9.17, 15) is 8.42 Å². The molecule has 0 saturated carbocycles. The van der Waals surface area contributed by atoms with Crippen LogP contribution in [0, 0.1) is 0 Å². The smallest absolute Gasteiger partial charge is 0.218 e. The topological polar surface area (TPSA) is 77.1 Å². The molecule has 1 aliphatic heterocycles. The van der Waals surface area contributed by atoms with Crippen LogP contribution in [0.3, 0.4) is 0 Å². The van der Waals surface area contributed by atoms with Crippen LogP contribution in [0.4, 0.5) is 0 Å². The number of rotatable bonds is 8. The maximum atomic E-state index is 12.6. The Labute approximate surface area is 166 Å². The molecule has 1 saturated heterocycles. The van der Waals surface area contributed by atoms with Crippen molar-refractivity contribution in [2.75, 3.05) is 27.3 Å². The predicted molar refractivity (Wildman–Crippen MR) is 107 cm³/mol. The van der Waals surface area contributed by atoms with Gasteiger partial charge in [-0.1, -0.05) is 43.3 Å². The lowest BCUT2D eigenvalue weighted by Crippen LogP contribution is -2.39. The lowest BCUT2D eigenvalue weighted by atomic mass is 10.0. The van der Waals surface area contributed by atoms with Gasteiger partial charge in [-0.2, -0.15) is 5.06 Å². The van der Waals surface area contributed by atoms with E-state index in [2.05, 4.69) is 4.72 Å². The summed E-state index contributed by atoms with van der Waals surface area (Å²) >= 11 is 0. The summed E-state index contributed by atoms with van der Waals surface area (Å²) in [4.78, 5) is 5.52. The molecule has 2 atom stereocenters. The fraction of sp³-hybridized carbons (Fsp3) is 0.400. The van der Waals surface area contributed by atoms with Gasteiger partial charge in [-0.15, -0.1) is 0 Å². The average Bonchev–Trinajstić information content (AvgIpc) is 3.09. The van der Waals surface area contributed by atoms with Crippen molar-refractivity contribution in [1.29, 1.82) is 0 Å². The fourth-order valence-electron chi connectivity index (χ4n) is 3.31. The molecule has 8 heteroatoms. The van der Waals surface area contributed by atoms with Crippen LogP contribution in [0.2, 0.25) is 0 Å². The van der Waals surface area contributed by atoms with Crippen LogP contribution >= 0.6 is 0 Å². The van der Waals surface area contributed by atoms with Crippen LogP contribution in [0.15, 0.2) is 48.5 Å². The molecular weight excluding hydrogens is 380 g/mol. The molecular formula is C20H26N2O5S. The van der Waals surface area contributed by atoms with Crippen LogP contribution in [-0.4, -0.2) is 46.0 Å². The van der Waals surface area contributed by atoms with Gasteiger partial charge in [0.15, 0.2) is 11.5 Å². The van der Waals surface area contributed by atoms with E-state index in [0.717, 1.165) is 11.1 Å². The highest BCUT2D eigenvalue weighted by Gasteiger charge is 2.43. The van der Waals surface area contributed by atoms with Gasteiger partial charge in [-0.3, -0.25) is 4.84 Å². The summed E-state index contributed by atoms with van der Waals surface area (Å²) in [6, 6.07) is 14.9. The number of hydrogen-bond donors (Lipinski definition) is 1. The lowest BCUT2D eigenvalue weighted by molar-refractivity contribution is -0.110.